The maximum absolute atomic E-state index is 13.8. The molecule has 2 aromatic rings. The molecule has 1 aromatic heterocycles. The van der Waals surface area contributed by atoms with Crippen molar-refractivity contribution in [3.05, 3.63) is 35.7 Å². The van der Waals surface area contributed by atoms with Crippen LogP contribution >= 0.6 is 0 Å². The van der Waals surface area contributed by atoms with Crippen LogP contribution in [0.15, 0.2) is 18.5 Å². The number of methoxy groups -OCH3 is 1. The smallest absolute Gasteiger partial charge is 0.204 e. The lowest BCUT2D eigenvalue weighted by Crippen LogP contribution is -2.04. The van der Waals surface area contributed by atoms with Gasteiger partial charge < -0.3 is 15.4 Å². The number of nitrogens with one attached hydrogen (secondary N) is 2. The summed E-state index contributed by atoms with van der Waals surface area (Å²) in [7, 11) is 3.11. The Kier molecular flexibility index (Phi) is 3.97. The fourth-order valence-corrected chi connectivity index (χ4v) is 1.70. The summed E-state index contributed by atoms with van der Waals surface area (Å²) in [5.41, 5.74) is 0.214. The van der Waals surface area contributed by atoms with Crippen molar-refractivity contribution in [3.63, 3.8) is 0 Å². The first kappa shape index (κ1) is 14.0. The first-order valence-electron chi connectivity index (χ1n) is 5.86. The topological polar surface area (TPSA) is 59.1 Å². The number of nitrogens with zero attached hydrogens (tertiary/aromatic N) is 2. The largest absolute Gasteiger partial charge is 0.490 e. The number of halogens is 2. The van der Waals surface area contributed by atoms with E-state index in [1.165, 1.54) is 20.4 Å². The number of aromatic nitrogens is 2. The summed E-state index contributed by atoms with van der Waals surface area (Å²) in [4.78, 5) is 7.94. The predicted octanol–water partition coefficient (Wildman–Crippen LogP) is 2.86. The minimum Gasteiger partial charge on any atom is -0.490 e. The zero-order valence-corrected chi connectivity index (χ0v) is 11.3. The standard InChI is InChI=1S/C13H14F2N4O/c1-7-4-9(15)10(5-8(7)14)19-13-11(20-3)12(16-2)17-6-18-13/h4-6H,1-3H3,(H2,16,17,18,19). The molecular weight excluding hydrogens is 266 g/mol. The molecule has 20 heavy (non-hydrogen) atoms. The molecule has 0 atom stereocenters. The van der Waals surface area contributed by atoms with E-state index in [2.05, 4.69) is 20.6 Å². The minimum absolute atomic E-state index is 0.0212. The van der Waals surface area contributed by atoms with Crippen LogP contribution in [0, 0.1) is 18.6 Å². The summed E-state index contributed by atoms with van der Waals surface area (Å²) < 4.78 is 32.5. The second-order valence-corrected chi connectivity index (χ2v) is 4.06. The van der Waals surface area contributed by atoms with Crippen LogP contribution in [0.25, 0.3) is 0 Å². The second kappa shape index (κ2) is 5.68. The van der Waals surface area contributed by atoms with Crippen LogP contribution in [0.1, 0.15) is 5.56 Å². The molecule has 0 aliphatic heterocycles. The summed E-state index contributed by atoms with van der Waals surface area (Å²) >= 11 is 0. The Labute approximate surface area is 115 Å². The normalized spacial score (nSPS) is 10.2. The van der Waals surface area contributed by atoms with E-state index >= 15 is 0 Å². The molecule has 0 bridgehead atoms. The van der Waals surface area contributed by atoms with E-state index in [0.29, 0.717) is 11.6 Å². The van der Waals surface area contributed by atoms with E-state index in [1.807, 2.05) is 0 Å². The molecule has 1 heterocycles. The van der Waals surface area contributed by atoms with Crippen LogP contribution in [0.2, 0.25) is 0 Å². The SMILES string of the molecule is CNc1ncnc(Nc2cc(F)c(C)cc2F)c1OC. The third kappa shape index (κ3) is 2.61. The van der Waals surface area contributed by atoms with Gasteiger partial charge in [-0.3, -0.25) is 0 Å². The molecule has 2 rings (SSSR count). The molecule has 106 valence electrons. The Hall–Kier alpha value is -2.44. The second-order valence-electron chi connectivity index (χ2n) is 4.06. The van der Waals surface area contributed by atoms with Crippen LogP contribution in [0.5, 0.6) is 5.75 Å². The average Bonchev–Trinajstić information content (AvgIpc) is 2.44. The summed E-state index contributed by atoms with van der Waals surface area (Å²) in [6.45, 7) is 1.49. The van der Waals surface area contributed by atoms with Crippen molar-refractivity contribution >= 4 is 17.3 Å². The summed E-state index contributed by atoms with van der Waals surface area (Å²) in [5.74, 6) is -0.0753. The van der Waals surface area contributed by atoms with Crippen LogP contribution in [-0.4, -0.2) is 24.1 Å². The van der Waals surface area contributed by atoms with Crippen LogP contribution in [0.3, 0.4) is 0 Å². The van der Waals surface area contributed by atoms with Crippen molar-refractivity contribution in [1.82, 2.24) is 9.97 Å². The number of benzene rings is 1. The number of anilines is 3. The van der Waals surface area contributed by atoms with Crippen molar-refractivity contribution in [3.8, 4) is 5.75 Å². The number of aryl methyl sites for hydroxylation is 1. The Bertz CT molecular complexity index is 634. The maximum atomic E-state index is 13.8. The van der Waals surface area contributed by atoms with E-state index in [-0.39, 0.29) is 17.1 Å². The van der Waals surface area contributed by atoms with Gasteiger partial charge in [-0.1, -0.05) is 0 Å². The molecule has 0 amide bonds. The van der Waals surface area contributed by atoms with Gasteiger partial charge in [0.2, 0.25) is 5.75 Å². The zero-order chi connectivity index (χ0) is 14.7. The Morgan fingerprint density at radius 1 is 1.10 bits per heavy atom. The molecule has 0 fully saturated rings. The van der Waals surface area contributed by atoms with Gasteiger partial charge in [-0.15, -0.1) is 0 Å². The first-order chi connectivity index (χ1) is 9.56. The van der Waals surface area contributed by atoms with Gasteiger partial charge in [0.25, 0.3) is 0 Å². The average molecular weight is 280 g/mol. The molecule has 1 aromatic carbocycles. The number of rotatable bonds is 4. The van der Waals surface area contributed by atoms with Crippen molar-refractivity contribution in [2.75, 3.05) is 24.8 Å². The van der Waals surface area contributed by atoms with Gasteiger partial charge >= 0.3 is 0 Å². The van der Waals surface area contributed by atoms with Gasteiger partial charge in [0, 0.05) is 13.1 Å². The van der Waals surface area contributed by atoms with Gasteiger partial charge in [-0.2, -0.15) is 0 Å². The monoisotopic (exact) mass is 280 g/mol. The molecule has 0 unspecified atom stereocenters. The summed E-state index contributed by atoms with van der Waals surface area (Å²) in [6.07, 6.45) is 1.29. The highest BCUT2D eigenvalue weighted by atomic mass is 19.1. The van der Waals surface area contributed by atoms with Gasteiger partial charge in [0.15, 0.2) is 11.6 Å². The maximum Gasteiger partial charge on any atom is 0.204 e. The van der Waals surface area contributed by atoms with Crippen molar-refractivity contribution in [1.29, 1.82) is 0 Å². The van der Waals surface area contributed by atoms with Crippen LogP contribution < -0.4 is 15.4 Å². The van der Waals surface area contributed by atoms with E-state index in [4.69, 9.17) is 4.74 Å². The van der Waals surface area contributed by atoms with E-state index in [9.17, 15) is 8.78 Å². The third-order valence-corrected chi connectivity index (χ3v) is 2.75. The molecule has 7 heteroatoms. The molecule has 2 N–H and O–H groups in total. The van der Waals surface area contributed by atoms with Crippen molar-refractivity contribution in [2.45, 2.75) is 6.92 Å². The zero-order valence-electron chi connectivity index (χ0n) is 11.3. The van der Waals surface area contributed by atoms with Gasteiger partial charge in [-0.05, 0) is 18.6 Å². The number of hydrogen-bond acceptors (Lipinski definition) is 5. The van der Waals surface area contributed by atoms with Crippen molar-refractivity contribution in [2.24, 2.45) is 0 Å². The molecule has 0 aliphatic carbocycles. The van der Waals surface area contributed by atoms with E-state index < -0.39 is 11.6 Å². The fourth-order valence-electron chi connectivity index (χ4n) is 1.70. The quantitative estimate of drug-likeness (QED) is 0.901. The van der Waals surface area contributed by atoms with Gasteiger partial charge in [-0.25, -0.2) is 18.7 Å². The third-order valence-electron chi connectivity index (χ3n) is 2.75. The first-order valence-corrected chi connectivity index (χ1v) is 5.86. The van der Waals surface area contributed by atoms with Gasteiger partial charge in [0.05, 0.1) is 12.8 Å². The highest BCUT2D eigenvalue weighted by Crippen LogP contribution is 2.32. The molecule has 0 saturated heterocycles. The molecule has 0 aliphatic rings. The van der Waals surface area contributed by atoms with E-state index in [1.54, 1.807) is 7.05 Å². The molecule has 0 radical (unpaired) electrons. The lowest BCUT2D eigenvalue weighted by Gasteiger charge is -2.13. The van der Waals surface area contributed by atoms with E-state index in [0.717, 1.165) is 12.1 Å². The Balaban J connectivity index is 2.42. The lowest BCUT2D eigenvalue weighted by molar-refractivity contribution is 0.415. The molecule has 5 nitrogen and oxygen atoms in total. The summed E-state index contributed by atoms with van der Waals surface area (Å²) in [5, 5.41) is 5.53. The Morgan fingerprint density at radius 3 is 2.45 bits per heavy atom. The highest BCUT2D eigenvalue weighted by molar-refractivity contribution is 5.69. The number of ether oxygens (including phenoxy) is 1. The van der Waals surface area contributed by atoms with Crippen LogP contribution in [0.4, 0.5) is 26.1 Å². The van der Waals surface area contributed by atoms with Crippen LogP contribution in [-0.2, 0) is 0 Å². The molecule has 0 spiro atoms. The number of hydrogen-bond donors (Lipinski definition) is 2. The van der Waals surface area contributed by atoms with Gasteiger partial charge in [0.1, 0.15) is 18.0 Å². The van der Waals surface area contributed by atoms with Crippen molar-refractivity contribution < 1.29 is 13.5 Å². The highest BCUT2D eigenvalue weighted by Gasteiger charge is 2.14. The molecule has 0 saturated carbocycles. The fraction of sp³-hybridized carbons (Fsp3) is 0.231. The minimum atomic E-state index is -0.574. The summed E-state index contributed by atoms with van der Waals surface area (Å²) in [6, 6.07) is 2.19. The molecular formula is C13H14F2N4O. The Morgan fingerprint density at radius 2 is 1.80 bits per heavy atom. The lowest BCUT2D eigenvalue weighted by atomic mass is 10.2. The predicted molar refractivity (Wildman–Crippen MR) is 72.5 cm³/mol.